The van der Waals surface area contributed by atoms with Crippen molar-refractivity contribution in [2.45, 2.75) is 12.8 Å². The highest BCUT2D eigenvalue weighted by atomic mass is 79.9. The van der Waals surface area contributed by atoms with Gasteiger partial charge in [0.2, 0.25) is 0 Å². The maximum Gasteiger partial charge on any atom is 0.337 e. The number of carbonyl (C=O) groups is 1. The number of nitrogens with two attached hydrogens (primary N) is 1. The summed E-state index contributed by atoms with van der Waals surface area (Å²) in [6.07, 6.45) is 1.94. The molecule has 2 rings (SSSR count). The second-order valence-corrected chi connectivity index (χ2v) is 5.40. The Kier molecular flexibility index (Phi) is 4.66. The molecule has 1 heterocycles. The number of aromatic carboxylic acids is 1. The molecule has 6 heteroatoms. The minimum absolute atomic E-state index is 0.0603. The van der Waals surface area contributed by atoms with Crippen LogP contribution in [0.15, 0.2) is 16.6 Å². The zero-order valence-electron chi connectivity index (χ0n) is 10.4. The number of benzene rings is 1. The van der Waals surface area contributed by atoms with E-state index in [9.17, 15) is 4.79 Å². The molecule has 1 fully saturated rings. The summed E-state index contributed by atoms with van der Waals surface area (Å²) in [5, 5.41) is 9.03. The van der Waals surface area contributed by atoms with Crippen molar-refractivity contribution in [1.82, 2.24) is 0 Å². The van der Waals surface area contributed by atoms with E-state index in [0.29, 0.717) is 22.7 Å². The molecule has 5 nitrogen and oxygen atoms in total. The summed E-state index contributed by atoms with van der Waals surface area (Å²) in [7, 11) is 0. The summed E-state index contributed by atoms with van der Waals surface area (Å²) < 4.78 is 11.7. The van der Waals surface area contributed by atoms with E-state index in [0.717, 1.165) is 26.1 Å². The topological polar surface area (TPSA) is 81.8 Å². The molecule has 0 saturated carbocycles. The van der Waals surface area contributed by atoms with E-state index in [2.05, 4.69) is 15.9 Å². The number of halogens is 1. The van der Waals surface area contributed by atoms with Gasteiger partial charge in [0, 0.05) is 18.9 Å². The Morgan fingerprint density at radius 1 is 1.47 bits per heavy atom. The molecule has 1 saturated heterocycles. The van der Waals surface area contributed by atoms with Crippen LogP contribution in [0.1, 0.15) is 23.2 Å². The highest BCUT2D eigenvalue weighted by Gasteiger charge is 2.17. The zero-order valence-corrected chi connectivity index (χ0v) is 12.0. The van der Waals surface area contributed by atoms with Gasteiger partial charge in [-0.3, -0.25) is 0 Å². The third-order valence-electron chi connectivity index (χ3n) is 3.15. The molecular formula is C13H16BrNO4. The number of ether oxygens (including phenoxy) is 2. The Hall–Kier alpha value is -1.27. The van der Waals surface area contributed by atoms with E-state index in [1.807, 2.05) is 0 Å². The first-order valence-corrected chi connectivity index (χ1v) is 6.90. The lowest BCUT2D eigenvalue weighted by atomic mass is 10.0. The van der Waals surface area contributed by atoms with Crippen molar-refractivity contribution in [3.05, 3.63) is 22.2 Å². The summed E-state index contributed by atoms with van der Waals surface area (Å²) in [5.74, 6) is -0.0921. The zero-order chi connectivity index (χ0) is 13.8. The lowest BCUT2D eigenvalue weighted by molar-refractivity contribution is 0.0496. The summed E-state index contributed by atoms with van der Waals surface area (Å²) in [4.78, 5) is 11.0. The lowest BCUT2D eigenvalue weighted by Gasteiger charge is -2.22. The smallest absolute Gasteiger partial charge is 0.337 e. The molecular weight excluding hydrogens is 314 g/mol. The van der Waals surface area contributed by atoms with Gasteiger partial charge in [0.05, 0.1) is 16.6 Å². The van der Waals surface area contributed by atoms with Crippen molar-refractivity contribution in [3.8, 4) is 5.75 Å². The van der Waals surface area contributed by atoms with Gasteiger partial charge >= 0.3 is 5.97 Å². The van der Waals surface area contributed by atoms with Crippen LogP contribution in [0.3, 0.4) is 0 Å². The first kappa shape index (κ1) is 14.1. The van der Waals surface area contributed by atoms with Gasteiger partial charge in [-0.25, -0.2) is 4.79 Å². The van der Waals surface area contributed by atoms with Crippen molar-refractivity contribution >= 4 is 27.6 Å². The maximum atomic E-state index is 11.0. The predicted molar refractivity (Wildman–Crippen MR) is 74.6 cm³/mol. The van der Waals surface area contributed by atoms with Crippen LogP contribution in [-0.2, 0) is 4.74 Å². The number of nitrogen functional groups attached to an aromatic ring is 1. The third kappa shape index (κ3) is 3.61. The second-order valence-electron chi connectivity index (χ2n) is 4.54. The first-order chi connectivity index (χ1) is 9.08. The quantitative estimate of drug-likeness (QED) is 0.829. The summed E-state index contributed by atoms with van der Waals surface area (Å²) in [6.45, 7) is 2.08. The third-order valence-corrected chi connectivity index (χ3v) is 3.77. The van der Waals surface area contributed by atoms with Crippen molar-refractivity contribution in [3.63, 3.8) is 0 Å². The molecule has 1 aromatic carbocycles. The number of rotatable bonds is 4. The minimum Gasteiger partial charge on any atom is -0.492 e. The Morgan fingerprint density at radius 2 is 2.16 bits per heavy atom. The molecule has 1 aliphatic heterocycles. The molecule has 1 aliphatic rings. The molecule has 0 aliphatic carbocycles. The normalized spacial score (nSPS) is 16.3. The molecule has 0 spiro atoms. The minimum atomic E-state index is -1.05. The van der Waals surface area contributed by atoms with Gasteiger partial charge in [-0.15, -0.1) is 0 Å². The van der Waals surface area contributed by atoms with Crippen molar-refractivity contribution < 1.29 is 19.4 Å². The lowest BCUT2D eigenvalue weighted by Crippen LogP contribution is -2.21. The number of carboxylic acids is 1. The first-order valence-electron chi connectivity index (χ1n) is 6.10. The maximum absolute atomic E-state index is 11.0. The molecule has 0 aromatic heterocycles. The summed E-state index contributed by atoms with van der Waals surface area (Å²) in [6, 6.07) is 3.02. The van der Waals surface area contributed by atoms with Gasteiger partial charge in [-0.1, -0.05) is 0 Å². The van der Waals surface area contributed by atoms with Crippen molar-refractivity contribution in [2.24, 2.45) is 5.92 Å². The van der Waals surface area contributed by atoms with Crippen LogP contribution >= 0.6 is 15.9 Å². The van der Waals surface area contributed by atoms with Crippen molar-refractivity contribution in [2.75, 3.05) is 25.6 Å². The highest BCUT2D eigenvalue weighted by Crippen LogP contribution is 2.31. The van der Waals surface area contributed by atoms with Gasteiger partial charge in [0.25, 0.3) is 0 Å². The van der Waals surface area contributed by atoms with E-state index in [1.165, 1.54) is 6.07 Å². The number of hydrogen-bond donors (Lipinski definition) is 2. The summed E-state index contributed by atoms with van der Waals surface area (Å²) >= 11 is 3.33. The Bertz CT molecular complexity index is 472. The average Bonchev–Trinajstić information content (AvgIpc) is 2.38. The van der Waals surface area contributed by atoms with E-state index < -0.39 is 5.97 Å². The fraction of sp³-hybridized carbons (Fsp3) is 0.462. The van der Waals surface area contributed by atoms with Crippen LogP contribution in [0.4, 0.5) is 5.69 Å². The molecule has 1 aromatic rings. The molecule has 104 valence electrons. The molecule has 19 heavy (non-hydrogen) atoms. The van der Waals surface area contributed by atoms with E-state index in [1.54, 1.807) is 6.07 Å². The fourth-order valence-corrected chi connectivity index (χ4v) is 2.46. The standard InChI is InChI=1S/C13H16BrNO4/c14-10-6-11(15)9(13(16)17)5-12(10)19-7-8-1-3-18-4-2-8/h5-6,8H,1-4,7,15H2,(H,16,17). The monoisotopic (exact) mass is 329 g/mol. The van der Waals surface area contributed by atoms with Crippen LogP contribution in [-0.4, -0.2) is 30.9 Å². The Labute approximate surface area is 119 Å². The highest BCUT2D eigenvalue weighted by molar-refractivity contribution is 9.10. The van der Waals surface area contributed by atoms with Crippen LogP contribution in [0.25, 0.3) is 0 Å². The Balaban J connectivity index is 2.06. The average molecular weight is 330 g/mol. The van der Waals surface area contributed by atoms with Gasteiger partial charge in [-0.2, -0.15) is 0 Å². The van der Waals surface area contributed by atoms with Crippen molar-refractivity contribution in [1.29, 1.82) is 0 Å². The van der Waals surface area contributed by atoms with Crippen LogP contribution in [0, 0.1) is 5.92 Å². The van der Waals surface area contributed by atoms with Crippen LogP contribution < -0.4 is 10.5 Å². The second kappa shape index (κ2) is 6.25. The van der Waals surface area contributed by atoms with Gasteiger partial charge in [0.1, 0.15) is 5.75 Å². The predicted octanol–water partition coefficient (Wildman–Crippen LogP) is 2.53. The van der Waals surface area contributed by atoms with Gasteiger partial charge < -0.3 is 20.3 Å². The van der Waals surface area contributed by atoms with Gasteiger partial charge in [-0.05, 0) is 46.8 Å². The number of carboxylic acid groups (broad SMARTS) is 1. The van der Waals surface area contributed by atoms with E-state index in [4.69, 9.17) is 20.3 Å². The van der Waals surface area contributed by atoms with Crippen LogP contribution in [0.2, 0.25) is 0 Å². The number of hydrogen-bond acceptors (Lipinski definition) is 4. The number of anilines is 1. The molecule has 0 unspecified atom stereocenters. The van der Waals surface area contributed by atoms with Gasteiger partial charge in [0.15, 0.2) is 0 Å². The molecule has 0 radical (unpaired) electrons. The molecule has 0 atom stereocenters. The van der Waals surface area contributed by atoms with E-state index >= 15 is 0 Å². The largest absolute Gasteiger partial charge is 0.492 e. The van der Waals surface area contributed by atoms with E-state index in [-0.39, 0.29) is 11.3 Å². The summed E-state index contributed by atoms with van der Waals surface area (Å²) in [5.41, 5.74) is 5.93. The SMILES string of the molecule is Nc1cc(Br)c(OCC2CCOCC2)cc1C(=O)O. The molecule has 0 amide bonds. The molecule has 3 N–H and O–H groups in total. The van der Waals surface area contributed by atoms with Crippen LogP contribution in [0.5, 0.6) is 5.75 Å². The molecule has 0 bridgehead atoms. The Morgan fingerprint density at radius 3 is 2.79 bits per heavy atom. The fourth-order valence-electron chi connectivity index (χ4n) is 1.99.